The first-order valence-electron chi connectivity index (χ1n) is 8.60. The molecule has 23 heavy (non-hydrogen) atoms. The predicted octanol–water partition coefficient (Wildman–Crippen LogP) is 2.53. The average Bonchev–Trinajstić information content (AvgIpc) is 2.91. The van der Waals surface area contributed by atoms with Gasteiger partial charge in [-0.3, -0.25) is 4.79 Å². The minimum absolute atomic E-state index is 0.102. The first kappa shape index (κ1) is 16.5. The molecule has 1 aromatic carbocycles. The quantitative estimate of drug-likeness (QED) is 0.849. The molecule has 0 saturated carbocycles. The zero-order valence-corrected chi connectivity index (χ0v) is 14.5. The molecule has 2 atom stereocenters. The van der Waals surface area contributed by atoms with E-state index in [0.29, 0.717) is 13.0 Å². The van der Waals surface area contributed by atoms with E-state index < -0.39 is 9.84 Å². The summed E-state index contributed by atoms with van der Waals surface area (Å²) < 4.78 is 23.6. The van der Waals surface area contributed by atoms with Crippen molar-refractivity contribution in [2.75, 3.05) is 18.1 Å². The van der Waals surface area contributed by atoms with Gasteiger partial charge in [-0.25, -0.2) is 8.42 Å². The number of rotatable bonds is 4. The van der Waals surface area contributed by atoms with Crippen LogP contribution >= 0.6 is 0 Å². The fourth-order valence-electron chi connectivity index (χ4n) is 3.95. The summed E-state index contributed by atoms with van der Waals surface area (Å²) in [5.41, 5.74) is 2.42. The number of amides is 1. The summed E-state index contributed by atoms with van der Waals surface area (Å²) >= 11 is 0. The summed E-state index contributed by atoms with van der Waals surface area (Å²) in [6.45, 7) is 2.69. The Bertz CT molecular complexity index is 683. The van der Waals surface area contributed by atoms with E-state index in [1.165, 1.54) is 5.56 Å². The highest BCUT2D eigenvalue weighted by Gasteiger charge is 2.37. The lowest BCUT2D eigenvalue weighted by Crippen LogP contribution is -2.44. The van der Waals surface area contributed by atoms with Crippen LogP contribution in [0.1, 0.15) is 49.7 Å². The number of carbonyl (C=O) groups excluding carboxylic acids is 1. The van der Waals surface area contributed by atoms with E-state index in [9.17, 15) is 13.2 Å². The molecule has 2 unspecified atom stereocenters. The third-order valence-electron chi connectivity index (χ3n) is 5.06. The van der Waals surface area contributed by atoms with Crippen molar-refractivity contribution < 1.29 is 13.2 Å². The van der Waals surface area contributed by atoms with Gasteiger partial charge in [-0.15, -0.1) is 0 Å². The molecule has 0 aromatic heterocycles. The second-order valence-electron chi connectivity index (χ2n) is 6.73. The summed E-state index contributed by atoms with van der Waals surface area (Å²) in [4.78, 5) is 15.0. The molecule has 5 heteroatoms. The number of aryl methyl sites for hydroxylation is 1. The molecule has 0 N–H and O–H groups in total. The maximum Gasteiger partial charge on any atom is 0.230 e. The van der Waals surface area contributed by atoms with E-state index >= 15 is 0 Å². The Labute approximate surface area is 138 Å². The van der Waals surface area contributed by atoms with Crippen LogP contribution in [0.25, 0.3) is 0 Å². The fraction of sp³-hybridized carbons (Fsp3) is 0.611. The Morgan fingerprint density at radius 3 is 2.74 bits per heavy atom. The van der Waals surface area contributed by atoms with Crippen LogP contribution in [0, 0.1) is 0 Å². The van der Waals surface area contributed by atoms with Crippen molar-refractivity contribution in [2.45, 2.75) is 51.0 Å². The molecule has 1 heterocycles. The molecular formula is C18H25NO3S. The van der Waals surface area contributed by atoms with Gasteiger partial charge in [-0.1, -0.05) is 31.2 Å². The zero-order chi connectivity index (χ0) is 16.4. The van der Waals surface area contributed by atoms with Gasteiger partial charge in [0.1, 0.15) is 0 Å². The highest BCUT2D eigenvalue weighted by atomic mass is 32.2. The van der Waals surface area contributed by atoms with Crippen molar-refractivity contribution in [3.05, 3.63) is 35.4 Å². The lowest BCUT2D eigenvalue weighted by atomic mass is 9.82. The summed E-state index contributed by atoms with van der Waals surface area (Å²) in [7, 11) is -2.98. The van der Waals surface area contributed by atoms with Crippen LogP contribution in [0.4, 0.5) is 0 Å². The standard InChI is InChI=1S/C18H25NO3S/c1-2-11-19(15-10-12-23(21,22)13-15)18(20)17-9-5-7-14-6-3-4-8-16(14)17/h3-4,6,8,15,17H,2,5,7,9-13H2,1H3. The van der Waals surface area contributed by atoms with Gasteiger partial charge < -0.3 is 4.90 Å². The molecule has 3 rings (SSSR count). The predicted molar refractivity (Wildman–Crippen MR) is 91.2 cm³/mol. The number of sulfone groups is 1. The molecule has 4 nitrogen and oxygen atoms in total. The van der Waals surface area contributed by atoms with Gasteiger partial charge in [0.15, 0.2) is 9.84 Å². The number of benzene rings is 1. The molecule has 1 saturated heterocycles. The fourth-order valence-corrected chi connectivity index (χ4v) is 5.68. The highest BCUT2D eigenvalue weighted by Crippen LogP contribution is 2.34. The maximum atomic E-state index is 13.2. The molecule has 1 aromatic rings. The third-order valence-corrected chi connectivity index (χ3v) is 6.81. The maximum absolute atomic E-state index is 13.2. The summed E-state index contributed by atoms with van der Waals surface area (Å²) in [5.74, 6) is 0.371. The molecule has 1 amide bonds. The Balaban J connectivity index is 1.85. The number of hydrogen-bond donors (Lipinski definition) is 0. The summed E-state index contributed by atoms with van der Waals surface area (Å²) in [5, 5.41) is 0. The van der Waals surface area contributed by atoms with E-state index in [-0.39, 0.29) is 29.4 Å². The van der Waals surface area contributed by atoms with Crippen molar-refractivity contribution in [1.29, 1.82) is 0 Å². The van der Waals surface area contributed by atoms with Gasteiger partial charge >= 0.3 is 0 Å². The molecular weight excluding hydrogens is 310 g/mol. The largest absolute Gasteiger partial charge is 0.338 e. The molecule has 2 aliphatic rings. The zero-order valence-electron chi connectivity index (χ0n) is 13.7. The van der Waals surface area contributed by atoms with Crippen molar-refractivity contribution in [1.82, 2.24) is 4.90 Å². The van der Waals surface area contributed by atoms with E-state index in [2.05, 4.69) is 12.1 Å². The van der Waals surface area contributed by atoms with E-state index in [0.717, 1.165) is 31.2 Å². The molecule has 0 bridgehead atoms. The SMILES string of the molecule is CCCN(C(=O)C1CCCc2ccccc21)C1CCS(=O)(=O)C1. The van der Waals surface area contributed by atoms with Crippen molar-refractivity contribution in [3.63, 3.8) is 0 Å². The number of fused-ring (bicyclic) bond motifs is 1. The van der Waals surface area contributed by atoms with Crippen molar-refractivity contribution in [2.24, 2.45) is 0 Å². The first-order chi connectivity index (χ1) is 11.0. The molecule has 0 radical (unpaired) electrons. The van der Waals surface area contributed by atoms with E-state index in [4.69, 9.17) is 0 Å². The summed E-state index contributed by atoms with van der Waals surface area (Å²) in [6, 6.07) is 8.06. The van der Waals surface area contributed by atoms with Crippen molar-refractivity contribution in [3.8, 4) is 0 Å². The normalized spacial score (nSPS) is 25.8. The number of carbonyl (C=O) groups is 1. The topological polar surface area (TPSA) is 54.5 Å². The lowest BCUT2D eigenvalue weighted by molar-refractivity contribution is -0.135. The van der Waals surface area contributed by atoms with Gasteiger partial charge in [0.2, 0.25) is 5.91 Å². The van der Waals surface area contributed by atoms with Crippen LogP contribution in [-0.4, -0.2) is 43.3 Å². The molecule has 1 fully saturated rings. The first-order valence-corrected chi connectivity index (χ1v) is 10.4. The Hall–Kier alpha value is -1.36. The number of nitrogens with zero attached hydrogens (tertiary/aromatic N) is 1. The second kappa shape index (κ2) is 6.63. The Morgan fingerprint density at radius 1 is 1.26 bits per heavy atom. The molecule has 1 aliphatic heterocycles. The minimum atomic E-state index is -2.98. The van der Waals surface area contributed by atoms with Gasteiger partial charge in [0.05, 0.1) is 17.4 Å². The Morgan fingerprint density at radius 2 is 2.04 bits per heavy atom. The number of hydrogen-bond acceptors (Lipinski definition) is 3. The van der Waals surface area contributed by atoms with Gasteiger partial charge in [0, 0.05) is 12.6 Å². The molecule has 1 aliphatic carbocycles. The second-order valence-corrected chi connectivity index (χ2v) is 8.96. The van der Waals surface area contributed by atoms with E-state index in [1.54, 1.807) is 0 Å². The van der Waals surface area contributed by atoms with Crippen LogP contribution in [0.3, 0.4) is 0 Å². The van der Waals surface area contributed by atoms with Crippen LogP contribution < -0.4 is 0 Å². The van der Waals surface area contributed by atoms with Crippen LogP contribution in [-0.2, 0) is 21.1 Å². The highest BCUT2D eigenvalue weighted by molar-refractivity contribution is 7.91. The lowest BCUT2D eigenvalue weighted by Gasteiger charge is -2.34. The van der Waals surface area contributed by atoms with Crippen LogP contribution in [0.15, 0.2) is 24.3 Å². The summed E-state index contributed by atoms with van der Waals surface area (Å²) in [6.07, 6.45) is 4.37. The van der Waals surface area contributed by atoms with Crippen LogP contribution in [0.2, 0.25) is 0 Å². The van der Waals surface area contributed by atoms with E-state index in [1.807, 2.05) is 24.0 Å². The van der Waals surface area contributed by atoms with Gasteiger partial charge in [-0.2, -0.15) is 0 Å². The van der Waals surface area contributed by atoms with Crippen LogP contribution in [0.5, 0.6) is 0 Å². The van der Waals surface area contributed by atoms with Gasteiger partial charge in [-0.05, 0) is 43.2 Å². The van der Waals surface area contributed by atoms with Gasteiger partial charge in [0.25, 0.3) is 0 Å². The third kappa shape index (κ3) is 3.44. The smallest absolute Gasteiger partial charge is 0.230 e. The average molecular weight is 335 g/mol. The molecule has 126 valence electrons. The molecule has 0 spiro atoms. The minimum Gasteiger partial charge on any atom is -0.338 e. The Kier molecular flexibility index (Phi) is 4.76. The van der Waals surface area contributed by atoms with Crippen molar-refractivity contribution >= 4 is 15.7 Å². The monoisotopic (exact) mass is 335 g/mol.